The number of hydrogen-bond acceptors (Lipinski definition) is 7. The molecule has 0 unspecified atom stereocenters. The molecule has 0 fully saturated rings. The van der Waals surface area contributed by atoms with E-state index in [0.29, 0.717) is 0 Å². The van der Waals surface area contributed by atoms with Crippen molar-refractivity contribution in [3.8, 4) is 0 Å². The van der Waals surface area contributed by atoms with Gasteiger partial charge < -0.3 is 28.9 Å². The molecule has 10 nitrogen and oxygen atoms in total. The quantitative estimate of drug-likeness (QED) is 0.640. The SMILES string of the molecule is Cl.O=C(O)OP(=O)(OC(=O)O)OC(=O)O. The largest absolute Gasteiger partial charge is 0.661 e. The van der Waals surface area contributed by atoms with E-state index in [1.54, 1.807) is 0 Å². The molecule has 0 rings (SSSR count). The van der Waals surface area contributed by atoms with E-state index in [0.717, 1.165) is 0 Å². The van der Waals surface area contributed by atoms with E-state index in [9.17, 15) is 18.9 Å². The highest BCUT2D eigenvalue weighted by atomic mass is 35.5. The van der Waals surface area contributed by atoms with E-state index in [1.807, 2.05) is 0 Å². The van der Waals surface area contributed by atoms with Crippen LogP contribution in [-0.4, -0.2) is 33.8 Å². The number of carboxylic acid groups (broad SMARTS) is 3. The summed E-state index contributed by atoms with van der Waals surface area (Å²) in [5.74, 6) is 0. The number of phosphoric ester groups is 1. The van der Waals surface area contributed by atoms with E-state index >= 15 is 0 Å². The summed E-state index contributed by atoms with van der Waals surface area (Å²) in [6, 6.07) is 0. The van der Waals surface area contributed by atoms with Crippen LogP contribution in [0.3, 0.4) is 0 Å². The van der Waals surface area contributed by atoms with Crippen molar-refractivity contribution in [3.05, 3.63) is 0 Å². The standard InChI is InChI=1S/C3H3O10P.ClH/c4-1(5)11-14(10,12-2(6)7)13-3(8)9;/h(H,4,5)(H,6,7)(H,8,9);1H. The summed E-state index contributed by atoms with van der Waals surface area (Å²) in [6.07, 6.45) is -6.64. The third kappa shape index (κ3) is 7.40. The summed E-state index contributed by atoms with van der Waals surface area (Å²) in [7, 11) is -5.19. The molecule has 88 valence electrons. The minimum absolute atomic E-state index is 0. The Bertz CT molecular complexity index is 262. The van der Waals surface area contributed by atoms with Gasteiger partial charge in [0.05, 0.1) is 0 Å². The molecule has 0 amide bonds. The van der Waals surface area contributed by atoms with Crippen molar-refractivity contribution in [1.29, 1.82) is 0 Å². The minimum atomic E-state index is -5.19. The topological polar surface area (TPSA) is 157 Å². The molecule has 0 aromatic heterocycles. The minimum Gasteiger partial charge on any atom is -0.449 e. The van der Waals surface area contributed by atoms with Crippen LogP contribution in [0.4, 0.5) is 14.4 Å². The fourth-order valence-electron chi connectivity index (χ4n) is 0.343. The molecule has 0 aliphatic heterocycles. The molecule has 0 aromatic rings. The van der Waals surface area contributed by atoms with E-state index in [-0.39, 0.29) is 12.4 Å². The molecule has 12 heteroatoms. The van der Waals surface area contributed by atoms with Crippen molar-refractivity contribution in [1.82, 2.24) is 0 Å². The molecule has 0 heterocycles. The summed E-state index contributed by atoms with van der Waals surface area (Å²) in [5, 5.41) is 23.8. The molecule has 3 N–H and O–H groups in total. The fourth-order valence-corrected chi connectivity index (χ4v) is 1.03. The van der Waals surface area contributed by atoms with Crippen molar-refractivity contribution in [2.24, 2.45) is 0 Å². The molecule has 0 saturated heterocycles. The highest BCUT2D eigenvalue weighted by Gasteiger charge is 2.39. The van der Waals surface area contributed by atoms with E-state index < -0.39 is 26.3 Å². The van der Waals surface area contributed by atoms with Crippen molar-refractivity contribution in [2.45, 2.75) is 0 Å². The van der Waals surface area contributed by atoms with Crippen molar-refractivity contribution < 1.29 is 47.8 Å². The van der Waals surface area contributed by atoms with Crippen molar-refractivity contribution in [3.63, 3.8) is 0 Å². The maximum Gasteiger partial charge on any atom is 0.661 e. The Morgan fingerprint density at radius 1 is 0.800 bits per heavy atom. The number of carbonyl (C=O) groups is 3. The van der Waals surface area contributed by atoms with Crippen LogP contribution < -0.4 is 0 Å². The second-order valence-corrected chi connectivity index (χ2v) is 2.96. The summed E-state index contributed by atoms with van der Waals surface area (Å²) < 4.78 is 20.8. The molecule has 0 bridgehead atoms. The Morgan fingerprint density at radius 3 is 1.13 bits per heavy atom. The molecule has 0 radical (unpaired) electrons. The molecule has 15 heavy (non-hydrogen) atoms. The van der Waals surface area contributed by atoms with Gasteiger partial charge in [0.1, 0.15) is 0 Å². The second kappa shape index (κ2) is 5.94. The van der Waals surface area contributed by atoms with Gasteiger partial charge in [-0.3, -0.25) is 0 Å². The molecule has 0 spiro atoms. The summed E-state index contributed by atoms with van der Waals surface area (Å²) in [4.78, 5) is 29.5. The van der Waals surface area contributed by atoms with Gasteiger partial charge in [-0.2, -0.15) is 4.57 Å². The summed E-state index contributed by atoms with van der Waals surface area (Å²) >= 11 is 0. The van der Waals surface area contributed by atoms with Gasteiger partial charge in [0, 0.05) is 0 Å². The Morgan fingerprint density at radius 2 is 1.00 bits per heavy atom. The van der Waals surface area contributed by atoms with Crippen LogP contribution in [0.1, 0.15) is 0 Å². The molecule has 0 aromatic carbocycles. The summed E-state index contributed by atoms with van der Waals surface area (Å²) in [5.41, 5.74) is 0. The zero-order valence-corrected chi connectivity index (χ0v) is 8.27. The van der Waals surface area contributed by atoms with Crippen molar-refractivity contribution in [2.75, 3.05) is 0 Å². The highest BCUT2D eigenvalue weighted by molar-refractivity contribution is 7.50. The van der Waals surface area contributed by atoms with E-state index in [4.69, 9.17) is 15.3 Å². The van der Waals surface area contributed by atoms with E-state index in [2.05, 4.69) is 13.6 Å². The lowest BCUT2D eigenvalue weighted by Crippen LogP contribution is -2.10. The van der Waals surface area contributed by atoms with Crippen LogP contribution in [0.25, 0.3) is 0 Å². The second-order valence-electron chi connectivity index (χ2n) is 1.52. The zero-order chi connectivity index (χ0) is 11.4. The van der Waals surface area contributed by atoms with Gasteiger partial charge in [-0.15, -0.1) is 12.4 Å². The first-order valence-electron chi connectivity index (χ1n) is 2.63. The van der Waals surface area contributed by atoms with Gasteiger partial charge in [-0.1, -0.05) is 0 Å². The van der Waals surface area contributed by atoms with Gasteiger partial charge in [-0.25, -0.2) is 14.4 Å². The van der Waals surface area contributed by atoms with Gasteiger partial charge >= 0.3 is 26.3 Å². The van der Waals surface area contributed by atoms with Gasteiger partial charge in [0.2, 0.25) is 0 Å². The number of hydrogen-bond donors (Lipinski definition) is 3. The Kier molecular flexibility index (Phi) is 6.25. The van der Waals surface area contributed by atoms with Crippen LogP contribution >= 0.6 is 20.2 Å². The highest BCUT2D eigenvalue weighted by Crippen LogP contribution is 2.49. The van der Waals surface area contributed by atoms with Crippen LogP contribution in [0.2, 0.25) is 0 Å². The number of rotatable bonds is 3. The lowest BCUT2D eigenvalue weighted by Gasteiger charge is -2.09. The first kappa shape index (κ1) is 15.8. The van der Waals surface area contributed by atoms with Gasteiger partial charge in [0.15, 0.2) is 0 Å². The predicted molar refractivity (Wildman–Crippen MR) is 42.2 cm³/mol. The fraction of sp³-hybridized carbons (Fsp3) is 0. The molecule has 0 aliphatic carbocycles. The molecule has 0 atom stereocenters. The Balaban J connectivity index is 0. The monoisotopic (exact) mass is 266 g/mol. The van der Waals surface area contributed by atoms with Crippen LogP contribution in [-0.2, 0) is 18.1 Å². The van der Waals surface area contributed by atoms with Gasteiger partial charge in [-0.05, 0) is 0 Å². The predicted octanol–water partition coefficient (Wildman–Crippen LogP) is 1.60. The van der Waals surface area contributed by atoms with Crippen LogP contribution in [0.5, 0.6) is 0 Å². The van der Waals surface area contributed by atoms with Crippen LogP contribution in [0, 0.1) is 0 Å². The average Bonchev–Trinajstić information content (AvgIpc) is 1.76. The first-order valence-corrected chi connectivity index (χ1v) is 4.09. The maximum atomic E-state index is 10.8. The normalized spacial score (nSPS) is 9.33. The third-order valence-electron chi connectivity index (χ3n) is 0.570. The van der Waals surface area contributed by atoms with Gasteiger partial charge in [0.25, 0.3) is 0 Å². The summed E-state index contributed by atoms with van der Waals surface area (Å²) in [6.45, 7) is 0. The number of halogens is 1. The number of phosphoric acid groups is 1. The smallest absolute Gasteiger partial charge is 0.449 e. The van der Waals surface area contributed by atoms with E-state index in [1.165, 1.54) is 0 Å². The molecular formula is C3H4ClO10P. The molecule has 0 saturated carbocycles. The Labute approximate surface area is 87.4 Å². The first-order chi connectivity index (χ1) is 6.25. The maximum absolute atomic E-state index is 10.8. The lowest BCUT2D eigenvalue weighted by molar-refractivity contribution is 0.0845. The lowest BCUT2D eigenvalue weighted by atomic mass is 11.5. The molecule has 0 aliphatic rings. The average molecular weight is 266 g/mol. The van der Waals surface area contributed by atoms with Crippen LogP contribution in [0.15, 0.2) is 0 Å². The molecular weight excluding hydrogens is 262 g/mol. The van der Waals surface area contributed by atoms with Crippen molar-refractivity contribution >= 4 is 38.7 Å². The Hall–Kier alpha value is -1.67. The third-order valence-corrected chi connectivity index (χ3v) is 1.71. The zero-order valence-electron chi connectivity index (χ0n) is 6.55.